The number of esters is 1. The molecule has 0 fully saturated rings. The van der Waals surface area contributed by atoms with Crippen molar-refractivity contribution < 1.29 is 14.3 Å². The van der Waals surface area contributed by atoms with E-state index >= 15 is 0 Å². The molecular formula is C10H7NO3. The Morgan fingerprint density at radius 3 is 3.00 bits per heavy atom. The maximum absolute atomic E-state index is 11.1. The number of aromatic nitrogens is 1. The molecule has 0 aliphatic rings. The molecule has 0 radical (unpaired) electrons. The van der Waals surface area contributed by atoms with Gasteiger partial charge in [0.2, 0.25) is 0 Å². The summed E-state index contributed by atoms with van der Waals surface area (Å²) in [5.41, 5.74) is 0.810. The highest BCUT2D eigenvalue weighted by Crippen LogP contribution is 2.02. The van der Waals surface area contributed by atoms with Gasteiger partial charge in [0.15, 0.2) is 6.29 Å². The minimum Gasteiger partial charge on any atom is -0.465 e. The van der Waals surface area contributed by atoms with E-state index in [0.717, 1.165) is 0 Å². The fourth-order valence-electron chi connectivity index (χ4n) is 0.851. The highest BCUT2D eigenvalue weighted by molar-refractivity contribution is 5.89. The van der Waals surface area contributed by atoms with Crippen LogP contribution in [-0.2, 0) is 9.53 Å². The molecule has 0 aliphatic heterocycles. The van der Waals surface area contributed by atoms with Crippen molar-refractivity contribution in [1.29, 1.82) is 0 Å². The quantitative estimate of drug-likeness (QED) is 0.365. The Hall–Kier alpha value is -2.15. The number of pyridine rings is 1. The van der Waals surface area contributed by atoms with Gasteiger partial charge in [-0.2, -0.15) is 0 Å². The first-order valence-electron chi connectivity index (χ1n) is 3.76. The van der Waals surface area contributed by atoms with Crippen LogP contribution in [0.3, 0.4) is 0 Å². The fourth-order valence-corrected chi connectivity index (χ4v) is 0.851. The second kappa shape index (κ2) is 4.77. The van der Waals surface area contributed by atoms with Crippen molar-refractivity contribution in [2.24, 2.45) is 0 Å². The van der Waals surface area contributed by atoms with Crippen LogP contribution in [0.2, 0.25) is 0 Å². The average Bonchev–Trinajstić information content (AvgIpc) is 2.25. The minimum absolute atomic E-state index is 0.310. The second-order valence-electron chi connectivity index (χ2n) is 2.34. The smallest absolute Gasteiger partial charge is 0.339 e. The van der Waals surface area contributed by atoms with E-state index in [1.807, 2.05) is 0 Å². The van der Waals surface area contributed by atoms with Gasteiger partial charge in [-0.05, 0) is 12.0 Å². The number of ether oxygens (including phenoxy) is 1. The SMILES string of the molecule is COC(=O)c1cncc(C#CC=O)c1. The van der Waals surface area contributed by atoms with Crippen LogP contribution < -0.4 is 0 Å². The summed E-state index contributed by atoms with van der Waals surface area (Å²) in [4.78, 5) is 24.8. The molecule has 0 atom stereocenters. The van der Waals surface area contributed by atoms with Crippen LogP contribution >= 0.6 is 0 Å². The van der Waals surface area contributed by atoms with E-state index in [9.17, 15) is 9.59 Å². The highest BCUT2D eigenvalue weighted by atomic mass is 16.5. The van der Waals surface area contributed by atoms with E-state index < -0.39 is 5.97 Å². The Morgan fingerprint density at radius 2 is 2.36 bits per heavy atom. The maximum atomic E-state index is 11.1. The van der Waals surface area contributed by atoms with Crippen LogP contribution in [-0.4, -0.2) is 24.3 Å². The monoisotopic (exact) mass is 189 g/mol. The molecule has 0 aromatic carbocycles. The van der Waals surface area contributed by atoms with Gasteiger partial charge in [0.05, 0.1) is 12.7 Å². The summed E-state index contributed by atoms with van der Waals surface area (Å²) in [6.45, 7) is 0. The lowest BCUT2D eigenvalue weighted by atomic mass is 10.2. The first kappa shape index (κ1) is 9.93. The fraction of sp³-hybridized carbons (Fsp3) is 0.100. The van der Waals surface area contributed by atoms with E-state index in [1.54, 1.807) is 0 Å². The standard InChI is InChI=1S/C10H7NO3/c1-14-10(13)9-5-8(3-2-4-12)6-11-7-9/h4-7H,1H3. The van der Waals surface area contributed by atoms with Crippen LogP contribution in [0, 0.1) is 11.8 Å². The molecule has 70 valence electrons. The van der Waals surface area contributed by atoms with E-state index in [0.29, 0.717) is 17.4 Å². The number of methoxy groups -OCH3 is 1. The van der Waals surface area contributed by atoms with Crippen LogP contribution in [0.25, 0.3) is 0 Å². The number of hydrogen-bond donors (Lipinski definition) is 0. The molecule has 0 aliphatic carbocycles. The highest BCUT2D eigenvalue weighted by Gasteiger charge is 2.04. The number of carbonyl (C=O) groups excluding carboxylic acids is 2. The van der Waals surface area contributed by atoms with Gasteiger partial charge in [-0.25, -0.2) is 4.79 Å². The Balaban J connectivity index is 3.00. The molecule has 0 unspecified atom stereocenters. The predicted octanol–water partition coefficient (Wildman–Crippen LogP) is 0.419. The summed E-state index contributed by atoms with van der Waals surface area (Å²) in [6, 6.07) is 1.51. The zero-order valence-corrected chi connectivity index (χ0v) is 7.48. The third-order valence-corrected chi connectivity index (χ3v) is 1.43. The lowest BCUT2D eigenvalue weighted by Crippen LogP contribution is -2.01. The van der Waals surface area contributed by atoms with Gasteiger partial charge in [0.25, 0.3) is 0 Å². The van der Waals surface area contributed by atoms with Gasteiger partial charge in [-0.15, -0.1) is 0 Å². The maximum Gasteiger partial charge on any atom is 0.339 e. The van der Waals surface area contributed by atoms with Crippen molar-refractivity contribution in [3.63, 3.8) is 0 Å². The van der Waals surface area contributed by atoms with Crippen molar-refractivity contribution in [1.82, 2.24) is 4.98 Å². The first-order valence-corrected chi connectivity index (χ1v) is 3.76. The minimum atomic E-state index is -0.479. The second-order valence-corrected chi connectivity index (χ2v) is 2.34. The van der Waals surface area contributed by atoms with Crippen LogP contribution in [0.1, 0.15) is 15.9 Å². The number of aldehydes is 1. The molecule has 0 spiro atoms. The summed E-state index contributed by atoms with van der Waals surface area (Å²) in [5.74, 6) is 4.27. The molecule has 0 bridgehead atoms. The van der Waals surface area contributed by atoms with Gasteiger partial charge in [-0.3, -0.25) is 9.78 Å². The first-order chi connectivity index (χ1) is 6.77. The molecule has 1 aromatic rings. The Kier molecular flexibility index (Phi) is 3.39. The van der Waals surface area contributed by atoms with E-state index in [2.05, 4.69) is 21.6 Å². The van der Waals surface area contributed by atoms with E-state index in [4.69, 9.17) is 0 Å². The molecule has 0 saturated carbocycles. The molecule has 14 heavy (non-hydrogen) atoms. The summed E-state index contributed by atoms with van der Waals surface area (Å²) < 4.78 is 4.50. The van der Waals surface area contributed by atoms with Gasteiger partial charge >= 0.3 is 5.97 Å². The molecule has 1 heterocycles. The predicted molar refractivity (Wildman–Crippen MR) is 48.5 cm³/mol. The van der Waals surface area contributed by atoms with Gasteiger partial charge in [0.1, 0.15) is 0 Å². The summed E-state index contributed by atoms with van der Waals surface area (Å²) in [6.07, 6.45) is 3.31. The molecule has 1 aromatic heterocycles. The van der Waals surface area contributed by atoms with Crippen molar-refractivity contribution >= 4 is 12.3 Å². The lowest BCUT2D eigenvalue weighted by Gasteiger charge is -1.97. The van der Waals surface area contributed by atoms with E-state index in [-0.39, 0.29) is 0 Å². The molecule has 1 rings (SSSR count). The van der Waals surface area contributed by atoms with Gasteiger partial charge in [0, 0.05) is 18.0 Å². The van der Waals surface area contributed by atoms with Crippen LogP contribution in [0.15, 0.2) is 18.5 Å². The summed E-state index contributed by atoms with van der Waals surface area (Å²) in [7, 11) is 1.28. The zero-order valence-electron chi connectivity index (χ0n) is 7.48. The largest absolute Gasteiger partial charge is 0.465 e. The molecular weight excluding hydrogens is 182 g/mol. The number of nitrogens with zero attached hydrogens (tertiary/aromatic N) is 1. The average molecular weight is 189 g/mol. The Morgan fingerprint density at radius 1 is 1.57 bits per heavy atom. The van der Waals surface area contributed by atoms with Crippen molar-refractivity contribution in [2.45, 2.75) is 0 Å². The van der Waals surface area contributed by atoms with Gasteiger partial charge < -0.3 is 4.74 Å². The Labute approximate surface area is 80.9 Å². The number of carbonyl (C=O) groups is 2. The molecule has 0 amide bonds. The topological polar surface area (TPSA) is 56.3 Å². The molecule has 0 N–H and O–H groups in total. The zero-order chi connectivity index (χ0) is 10.4. The van der Waals surface area contributed by atoms with Crippen molar-refractivity contribution in [3.8, 4) is 11.8 Å². The normalized spacial score (nSPS) is 8.36. The number of hydrogen-bond acceptors (Lipinski definition) is 4. The summed E-state index contributed by atoms with van der Waals surface area (Å²) >= 11 is 0. The third kappa shape index (κ3) is 2.42. The molecule has 4 heteroatoms. The third-order valence-electron chi connectivity index (χ3n) is 1.43. The number of rotatable bonds is 1. The molecule has 4 nitrogen and oxygen atoms in total. The van der Waals surface area contributed by atoms with Crippen LogP contribution in [0.5, 0.6) is 0 Å². The molecule has 0 saturated heterocycles. The summed E-state index contributed by atoms with van der Waals surface area (Å²) in [5, 5.41) is 0. The Bertz CT molecular complexity index is 415. The lowest BCUT2D eigenvalue weighted by molar-refractivity contribution is -0.103. The van der Waals surface area contributed by atoms with Gasteiger partial charge in [-0.1, -0.05) is 5.92 Å². The van der Waals surface area contributed by atoms with Crippen molar-refractivity contribution in [2.75, 3.05) is 7.11 Å². The van der Waals surface area contributed by atoms with Crippen molar-refractivity contribution in [3.05, 3.63) is 29.6 Å². The van der Waals surface area contributed by atoms with E-state index in [1.165, 1.54) is 25.6 Å². The van der Waals surface area contributed by atoms with Crippen LogP contribution in [0.4, 0.5) is 0 Å².